The van der Waals surface area contributed by atoms with Gasteiger partial charge in [-0.15, -0.1) is 0 Å². The van der Waals surface area contributed by atoms with Crippen LogP contribution >= 0.6 is 0 Å². The normalized spacial score (nSPS) is 19.3. The molecule has 1 unspecified atom stereocenters. The number of aromatic nitrogens is 1. The third-order valence-electron chi connectivity index (χ3n) is 3.93. The van der Waals surface area contributed by atoms with E-state index >= 15 is 0 Å². The van der Waals surface area contributed by atoms with Gasteiger partial charge in [-0.05, 0) is 43.9 Å². The van der Waals surface area contributed by atoms with Crippen molar-refractivity contribution in [2.24, 2.45) is 0 Å². The summed E-state index contributed by atoms with van der Waals surface area (Å²) in [5, 5.41) is 4.74. The molecule has 0 saturated carbocycles. The fraction of sp³-hybridized carbons (Fsp3) is 0.471. The molecule has 1 aliphatic heterocycles. The monoisotopic (exact) mass is 270 g/mol. The Morgan fingerprint density at radius 1 is 1.20 bits per heavy atom. The molecule has 2 heterocycles. The molecule has 0 bridgehead atoms. The SMILES string of the molecule is c1cnc2c(CCNCC3CCCCO3)cccc2c1. The summed E-state index contributed by atoms with van der Waals surface area (Å²) in [7, 11) is 0. The van der Waals surface area contributed by atoms with E-state index in [9.17, 15) is 0 Å². The van der Waals surface area contributed by atoms with Crippen LogP contribution in [-0.2, 0) is 11.2 Å². The Morgan fingerprint density at radius 2 is 2.15 bits per heavy atom. The maximum Gasteiger partial charge on any atom is 0.0734 e. The predicted molar refractivity (Wildman–Crippen MR) is 81.9 cm³/mol. The van der Waals surface area contributed by atoms with E-state index in [0.717, 1.165) is 31.6 Å². The van der Waals surface area contributed by atoms with Gasteiger partial charge in [0, 0.05) is 24.7 Å². The van der Waals surface area contributed by atoms with Crippen LogP contribution in [0.2, 0.25) is 0 Å². The minimum Gasteiger partial charge on any atom is -0.377 e. The van der Waals surface area contributed by atoms with Gasteiger partial charge < -0.3 is 10.1 Å². The lowest BCUT2D eigenvalue weighted by atomic mass is 10.1. The van der Waals surface area contributed by atoms with Crippen molar-refractivity contribution in [2.75, 3.05) is 19.7 Å². The summed E-state index contributed by atoms with van der Waals surface area (Å²) in [6.07, 6.45) is 7.02. The Morgan fingerprint density at radius 3 is 3.05 bits per heavy atom. The lowest BCUT2D eigenvalue weighted by Gasteiger charge is -2.22. The zero-order valence-electron chi connectivity index (χ0n) is 11.8. The van der Waals surface area contributed by atoms with Crippen LogP contribution in [0.1, 0.15) is 24.8 Å². The molecule has 1 aromatic heterocycles. The van der Waals surface area contributed by atoms with Gasteiger partial charge in [0.15, 0.2) is 0 Å². The summed E-state index contributed by atoms with van der Waals surface area (Å²) in [5.74, 6) is 0. The molecule has 3 heteroatoms. The lowest BCUT2D eigenvalue weighted by Crippen LogP contribution is -2.32. The van der Waals surface area contributed by atoms with E-state index < -0.39 is 0 Å². The number of nitrogens with one attached hydrogen (secondary N) is 1. The maximum atomic E-state index is 5.73. The number of para-hydroxylation sites is 1. The molecule has 1 saturated heterocycles. The molecule has 0 aliphatic carbocycles. The van der Waals surface area contributed by atoms with E-state index in [1.165, 1.54) is 30.2 Å². The van der Waals surface area contributed by atoms with Gasteiger partial charge in [-0.1, -0.05) is 24.3 Å². The summed E-state index contributed by atoms with van der Waals surface area (Å²) < 4.78 is 5.73. The third kappa shape index (κ3) is 3.35. The molecule has 1 aliphatic rings. The lowest BCUT2D eigenvalue weighted by molar-refractivity contribution is 0.0171. The summed E-state index contributed by atoms with van der Waals surface area (Å²) >= 11 is 0. The highest BCUT2D eigenvalue weighted by atomic mass is 16.5. The fourth-order valence-corrected chi connectivity index (χ4v) is 2.82. The molecule has 3 nitrogen and oxygen atoms in total. The Labute approximate surface area is 120 Å². The van der Waals surface area contributed by atoms with Gasteiger partial charge in [0.05, 0.1) is 11.6 Å². The van der Waals surface area contributed by atoms with Gasteiger partial charge in [0.2, 0.25) is 0 Å². The van der Waals surface area contributed by atoms with Crippen LogP contribution < -0.4 is 5.32 Å². The first-order valence-corrected chi connectivity index (χ1v) is 7.58. The minimum absolute atomic E-state index is 0.411. The van der Waals surface area contributed by atoms with Crippen molar-refractivity contribution in [2.45, 2.75) is 31.8 Å². The highest BCUT2D eigenvalue weighted by Gasteiger charge is 2.12. The third-order valence-corrected chi connectivity index (χ3v) is 3.93. The van der Waals surface area contributed by atoms with Crippen molar-refractivity contribution in [1.82, 2.24) is 10.3 Å². The molecule has 1 aromatic carbocycles. The van der Waals surface area contributed by atoms with Crippen LogP contribution in [0.3, 0.4) is 0 Å². The Hall–Kier alpha value is -1.45. The van der Waals surface area contributed by atoms with Crippen LogP contribution in [0, 0.1) is 0 Å². The van der Waals surface area contributed by atoms with Crippen LogP contribution in [0.4, 0.5) is 0 Å². The van der Waals surface area contributed by atoms with Crippen LogP contribution in [-0.4, -0.2) is 30.8 Å². The molecule has 106 valence electrons. The van der Waals surface area contributed by atoms with Crippen molar-refractivity contribution < 1.29 is 4.74 Å². The van der Waals surface area contributed by atoms with E-state index in [0.29, 0.717) is 6.10 Å². The number of nitrogens with zero attached hydrogens (tertiary/aromatic N) is 1. The molecule has 3 rings (SSSR count). The molecule has 0 radical (unpaired) electrons. The second kappa shape index (κ2) is 6.82. The van der Waals surface area contributed by atoms with E-state index in [1.54, 1.807) is 0 Å². The van der Waals surface area contributed by atoms with E-state index in [2.05, 4.69) is 34.6 Å². The number of hydrogen-bond donors (Lipinski definition) is 1. The van der Waals surface area contributed by atoms with E-state index in [-0.39, 0.29) is 0 Å². The highest BCUT2D eigenvalue weighted by Crippen LogP contribution is 2.16. The van der Waals surface area contributed by atoms with Crippen LogP contribution in [0.25, 0.3) is 10.9 Å². The number of fused-ring (bicyclic) bond motifs is 1. The Balaban J connectivity index is 1.52. The van der Waals surface area contributed by atoms with E-state index in [1.807, 2.05) is 12.3 Å². The summed E-state index contributed by atoms with van der Waals surface area (Å²) in [4.78, 5) is 4.50. The van der Waals surface area contributed by atoms with Gasteiger partial charge in [0.1, 0.15) is 0 Å². The van der Waals surface area contributed by atoms with Crippen molar-refractivity contribution >= 4 is 10.9 Å². The van der Waals surface area contributed by atoms with Crippen LogP contribution in [0.5, 0.6) is 0 Å². The largest absolute Gasteiger partial charge is 0.377 e. The molecular weight excluding hydrogens is 248 g/mol. The van der Waals surface area contributed by atoms with Gasteiger partial charge in [0.25, 0.3) is 0 Å². The zero-order chi connectivity index (χ0) is 13.6. The zero-order valence-corrected chi connectivity index (χ0v) is 11.8. The fourth-order valence-electron chi connectivity index (χ4n) is 2.82. The highest BCUT2D eigenvalue weighted by molar-refractivity contribution is 5.81. The summed E-state index contributed by atoms with van der Waals surface area (Å²) in [5.41, 5.74) is 2.45. The van der Waals surface area contributed by atoms with Gasteiger partial charge >= 0.3 is 0 Å². The number of ether oxygens (including phenoxy) is 1. The summed E-state index contributed by atoms with van der Waals surface area (Å²) in [6.45, 7) is 2.88. The minimum atomic E-state index is 0.411. The van der Waals surface area contributed by atoms with Crippen molar-refractivity contribution in [1.29, 1.82) is 0 Å². The second-order valence-electron chi connectivity index (χ2n) is 5.43. The average Bonchev–Trinajstić information content (AvgIpc) is 2.53. The molecule has 0 spiro atoms. The van der Waals surface area contributed by atoms with Crippen molar-refractivity contribution in [3.05, 3.63) is 42.1 Å². The standard InChI is InChI=1S/C17H22N2O/c1-2-12-20-16(8-1)13-18-11-9-15-6-3-5-14-7-4-10-19-17(14)15/h3-7,10,16,18H,1-2,8-9,11-13H2. The van der Waals surface area contributed by atoms with E-state index in [4.69, 9.17) is 4.74 Å². The van der Waals surface area contributed by atoms with Gasteiger partial charge in [-0.3, -0.25) is 4.98 Å². The quantitative estimate of drug-likeness (QED) is 0.848. The number of rotatable bonds is 5. The Kier molecular flexibility index (Phi) is 4.61. The van der Waals surface area contributed by atoms with Crippen molar-refractivity contribution in [3.63, 3.8) is 0 Å². The molecule has 1 atom stereocenters. The number of benzene rings is 1. The Bertz CT molecular complexity index is 544. The molecular formula is C17H22N2O. The molecule has 20 heavy (non-hydrogen) atoms. The first-order valence-electron chi connectivity index (χ1n) is 7.58. The second-order valence-corrected chi connectivity index (χ2v) is 5.43. The smallest absolute Gasteiger partial charge is 0.0734 e. The first-order chi connectivity index (χ1) is 9.93. The average molecular weight is 270 g/mol. The number of pyridine rings is 1. The van der Waals surface area contributed by atoms with Crippen molar-refractivity contribution in [3.8, 4) is 0 Å². The van der Waals surface area contributed by atoms with Gasteiger partial charge in [-0.25, -0.2) is 0 Å². The summed E-state index contributed by atoms with van der Waals surface area (Å²) in [6, 6.07) is 10.5. The topological polar surface area (TPSA) is 34.2 Å². The molecule has 1 fully saturated rings. The maximum absolute atomic E-state index is 5.73. The number of hydrogen-bond acceptors (Lipinski definition) is 3. The van der Waals surface area contributed by atoms with Crippen LogP contribution in [0.15, 0.2) is 36.5 Å². The molecule has 0 amide bonds. The predicted octanol–water partition coefficient (Wildman–Crippen LogP) is 2.94. The first kappa shape index (κ1) is 13.5. The molecule has 2 aromatic rings. The molecule has 1 N–H and O–H groups in total. The van der Waals surface area contributed by atoms with Gasteiger partial charge in [-0.2, -0.15) is 0 Å².